The third kappa shape index (κ3) is 5.99. The molecule has 1 amide bonds. The molecule has 0 aliphatic rings. The first-order valence-electron chi connectivity index (χ1n) is 8.69. The van der Waals surface area contributed by atoms with E-state index in [0.29, 0.717) is 11.5 Å². The van der Waals surface area contributed by atoms with Crippen molar-refractivity contribution in [3.8, 4) is 5.75 Å². The third-order valence-corrected chi connectivity index (χ3v) is 5.22. The van der Waals surface area contributed by atoms with Gasteiger partial charge in [0.1, 0.15) is 5.75 Å². The van der Waals surface area contributed by atoms with E-state index in [9.17, 15) is 14.9 Å². The predicted molar refractivity (Wildman–Crippen MR) is 108 cm³/mol. The number of thioether (sulfide) groups is 1. The molecular formula is C20H24N2O4S. The molecule has 0 aliphatic heterocycles. The monoisotopic (exact) mass is 388 g/mol. The highest BCUT2D eigenvalue weighted by atomic mass is 32.2. The molecule has 2 rings (SSSR count). The summed E-state index contributed by atoms with van der Waals surface area (Å²) in [6.07, 6.45) is 0.796. The number of nitro groups is 1. The summed E-state index contributed by atoms with van der Waals surface area (Å²) < 4.78 is 5.28. The van der Waals surface area contributed by atoms with Crippen molar-refractivity contribution in [3.05, 3.63) is 69.3 Å². The van der Waals surface area contributed by atoms with Gasteiger partial charge in [0.25, 0.3) is 5.69 Å². The van der Waals surface area contributed by atoms with E-state index in [-0.39, 0.29) is 17.6 Å². The molecular weight excluding hydrogens is 364 g/mol. The molecule has 0 saturated carbocycles. The fourth-order valence-electron chi connectivity index (χ4n) is 2.75. The van der Waals surface area contributed by atoms with E-state index in [0.717, 1.165) is 28.9 Å². The largest absolute Gasteiger partial charge is 0.496 e. The molecule has 0 saturated heterocycles. The lowest BCUT2D eigenvalue weighted by molar-refractivity contribution is -0.384. The second-order valence-corrected chi connectivity index (χ2v) is 7.16. The highest BCUT2D eigenvalue weighted by Crippen LogP contribution is 2.24. The topological polar surface area (TPSA) is 81.5 Å². The number of nitrogens with one attached hydrogen (secondary N) is 1. The van der Waals surface area contributed by atoms with Gasteiger partial charge in [-0.3, -0.25) is 14.9 Å². The average Bonchev–Trinajstić information content (AvgIpc) is 2.66. The molecule has 2 aromatic rings. The van der Waals surface area contributed by atoms with Crippen LogP contribution in [0.5, 0.6) is 5.75 Å². The van der Waals surface area contributed by atoms with Crippen LogP contribution in [-0.4, -0.2) is 23.7 Å². The molecule has 6 nitrogen and oxygen atoms in total. The minimum absolute atomic E-state index is 0.0257. The van der Waals surface area contributed by atoms with Crippen molar-refractivity contribution in [2.45, 2.75) is 32.1 Å². The van der Waals surface area contributed by atoms with E-state index < -0.39 is 4.92 Å². The fraction of sp³-hybridized carbons (Fsp3) is 0.350. The van der Waals surface area contributed by atoms with Gasteiger partial charge in [0, 0.05) is 17.9 Å². The minimum Gasteiger partial charge on any atom is -0.496 e. The van der Waals surface area contributed by atoms with Crippen LogP contribution in [0, 0.1) is 17.0 Å². The van der Waals surface area contributed by atoms with Crippen LogP contribution in [0.4, 0.5) is 5.69 Å². The molecule has 0 bridgehead atoms. The quantitative estimate of drug-likeness (QED) is 0.508. The molecule has 1 atom stereocenters. The molecule has 0 aromatic heterocycles. The average molecular weight is 388 g/mol. The lowest BCUT2D eigenvalue weighted by Gasteiger charge is -2.19. The van der Waals surface area contributed by atoms with E-state index in [4.69, 9.17) is 4.74 Å². The Morgan fingerprint density at radius 3 is 2.52 bits per heavy atom. The molecule has 144 valence electrons. The number of aryl methyl sites for hydroxylation is 1. The summed E-state index contributed by atoms with van der Waals surface area (Å²) in [5.74, 6) is 1.77. The van der Waals surface area contributed by atoms with Crippen molar-refractivity contribution in [2.24, 2.45) is 0 Å². The third-order valence-electron chi connectivity index (χ3n) is 4.21. The number of carbonyl (C=O) groups excluding carboxylic acids is 1. The zero-order chi connectivity index (χ0) is 19.8. The van der Waals surface area contributed by atoms with Crippen molar-refractivity contribution in [3.63, 3.8) is 0 Å². The van der Waals surface area contributed by atoms with Gasteiger partial charge in [-0.05, 0) is 36.1 Å². The van der Waals surface area contributed by atoms with Gasteiger partial charge < -0.3 is 10.1 Å². The van der Waals surface area contributed by atoms with Crippen LogP contribution >= 0.6 is 11.8 Å². The first kappa shape index (κ1) is 20.8. The Balaban J connectivity index is 1.86. The van der Waals surface area contributed by atoms with Gasteiger partial charge in [0.05, 0.1) is 23.8 Å². The minimum atomic E-state index is -0.420. The van der Waals surface area contributed by atoms with Crippen LogP contribution in [-0.2, 0) is 10.5 Å². The number of ether oxygens (including phenoxy) is 1. The van der Waals surface area contributed by atoms with Crippen molar-refractivity contribution >= 4 is 23.4 Å². The van der Waals surface area contributed by atoms with Gasteiger partial charge in [-0.2, -0.15) is 0 Å². The number of hydrogen-bond donors (Lipinski definition) is 1. The summed E-state index contributed by atoms with van der Waals surface area (Å²) in [7, 11) is 1.64. The number of methoxy groups -OCH3 is 1. The summed E-state index contributed by atoms with van der Waals surface area (Å²) in [6, 6.07) is 12.3. The van der Waals surface area contributed by atoms with Gasteiger partial charge in [0.2, 0.25) is 5.91 Å². The van der Waals surface area contributed by atoms with Gasteiger partial charge >= 0.3 is 0 Å². The molecule has 1 N–H and O–H groups in total. The molecule has 0 fully saturated rings. The molecule has 0 spiro atoms. The smallest absolute Gasteiger partial charge is 0.269 e. The Kier molecular flexibility index (Phi) is 7.67. The standard InChI is InChI=1S/C20H24N2O4S/c1-4-18(16-7-10-19(26-3)14(2)11-16)21-20(23)13-27-12-15-5-8-17(9-6-15)22(24)25/h5-11,18H,4,12-13H2,1-3H3,(H,21,23). The van der Waals surface area contributed by atoms with E-state index >= 15 is 0 Å². The summed E-state index contributed by atoms with van der Waals surface area (Å²) in [6.45, 7) is 4.02. The lowest BCUT2D eigenvalue weighted by atomic mass is 10.0. The summed E-state index contributed by atoms with van der Waals surface area (Å²) >= 11 is 1.48. The van der Waals surface area contributed by atoms with Crippen molar-refractivity contribution in [1.29, 1.82) is 0 Å². The lowest BCUT2D eigenvalue weighted by Crippen LogP contribution is -2.29. The second kappa shape index (κ2) is 9.97. The van der Waals surface area contributed by atoms with E-state index in [1.165, 1.54) is 23.9 Å². The van der Waals surface area contributed by atoms with Crippen LogP contribution in [0.25, 0.3) is 0 Å². The van der Waals surface area contributed by atoms with E-state index in [2.05, 4.69) is 5.32 Å². The highest BCUT2D eigenvalue weighted by molar-refractivity contribution is 7.99. The van der Waals surface area contributed by atoms with Crippen LogP contribution in [0.3, 0.4) is 0 Å². The van der Waals surface area contributed by atoms with Crippen molar-refractivity contribution in [2.75, 3.05) is 12.9 Å². The number of amides is 1. The Morgan fingerprint density at radius 2 is 1.96 bits per heavy atom. The summed E-state index contributed by atoms with van der Waals surface area (Å²) in [5, 5.41) is 13.7. The number of rotatable bonds is 9. The molecule has 7 heteroatoms. The van der Waals surface area contributed by atoms with Crippen molar-refractivity contribution in [1.82, 2.24) is 5.32 Å². The van der Waals surface area contributed by atoms with Crippen molar-refractivity contribution < 1.29 is 14.5 Å². The number of nitrogens with zero attached hydrogens (tertiary/aromatic N) is 1. The number of benzene rings is 2. The summed E-state index contributed by atoms with van der Waals surface area (Å²) in [5.41, 5.74) is 3.12. The zero-order valence-electron chi connectivity index (χ0n) is 15.7. The maximum absolute atomic E-state index is 12.3. The molecule has 1 unspecified atom stereocenters. The van der Waals surface area contributed by atoms with Crippen LogP contribution in [0.1, 0.15) is 36.1 Å². The zero-order valence-corrected chi connectivity index (χ0v) is 16.5. The predicted octanol–water partition coefficient (Wildman–Crippen LogP) is 4.41. The Hall–Kier alpha value is -2.54. The fourth-order valence-corrected chi connectivity index (χ4v) is 3.55. The first-order chi connectivity index (χ1) is 12.9. The first-order valence-corrected chi connectivity index (χ1v) is 9.85. The Labute approximate surface area is 163 Å². The number of hydrogen-bond acceptors (Lipinski definition) is 5. The van der Waals surface area contributed by atoms with E-state index in [1.54, 1.807) is 19.2 Å². The van der Waals surface area contributed by atoms with Crippen LogP contribution in [0.2, 0.25) is 0 Å². The van der Waals surface area contributed by atoms with Gasteiger partial charge in [-0.1, -0.05) is 31.2 Å². The Morgan fingerprint density at radius 1 is 1.26 bits per heavy atom. The normalized spacial score (nSPS) is 11.7. The molecule has 0 aliphatic carbocycles. The van der Waals surface area contributed by atoms with Gasteiger partial charge in [-0.15, -0.1) is 11.8 Å². The Bertz CT molecular complexity index is 793. The maximum atomic E-state index is 12.3. The number of nitro benzene ring substituents is 1. The molecule has 27 heavy (non-hydrogen) atoms. The summed E-state index contributed by atoms with van der Waals surface area (Å²) in [4.78, 5) is 22.5. The number of carbonyl (C=O) groups is 1. The second-order valence-electron chi connectivity index (χ2n) is 6.17. The molecule has 0 radical (unpaired) electrons. The maximum Gasteiger partial charge on any atom is 0.269 e. The van der Waals surface area contributed by atoms with Crippen LogP contribution < -0.4 is 10.1 Å². The van der Waals surface area contributed by atoms with Crippen LogP contribution in [0.15, 0.2) is 42.5 Å². The van der Waals surface area contributed by atoms with Gasteiger partial charge in [-0.25, -0.2) is 0 Å². The van der Waals surface area contributed by atoms with Gasteiger partial charge in [0.15, 0.2) is 0 Å². The highest BCUT2D eigenvalue weighted by Gasteiger charge is 2.14. The number of non-ortho nitro benzene ring substituents is 1. The molecule has 2 aromatic carbocycles. The SMILES string of the molecule is CCC(NC(=O)CSCc1ccc([N+](=O)[O-])cc1)c1ccc(OC)c(C)c1. The molecule has 0 heterocycles. The van der Waals surface area contributed by atoms with E-state index in [1.807, 2.05) is 32.0 Å².